The Balaban J connectivity index is 2.34. The molecule has 0 saturated heterocycles. The van der Waals surface area contributed by atoms with Crippen molar-refractivity contribution in [3.63, 3.8) is 0 Å². The molecule has 0 aromatic heterocycles. The molecule has 2 unspecified atom stereocenters. The number of anilines is 2. The van der Waals surface area contributed by atoms with Crippen LogP contribution >= 0.6 is 0 Å². The van der Waals surface area contributed by atoms with Crippen LogP contribution in [0.3, 0.4) is 0 Å². The zero-order valence-electron chi connectivity index (χ0n) is 11.1. The van der Waals surface area contributed by atoms with Crippen molar-refractivity contribution in [1.29, 1.82) is 0 Å². The normalized spacial score (nSPS) is 22.5. The Morgan fingerprint density at radius 2 is 2.11 bits per heavy atom. The summed E-state index contributed by atoms with van der Waals surface area (Å²) in [4.78, 5) is 12.0. The summed E-state index contributed by atoms with van der Waals surface area (Å²) in [5.74, 6) is 0.689. The van der Waals surface area contributed by atoms with Gasteiger partial charge in [-0.1, -0.05) is 19.9 Å². The van der Waals surface area contributed by atoms with Crippen LogP contribution in [0.4, 0.5) is 11.4 Å². The Hall–Kier alpha value is -1.71. The van der Waals surface area contributed by atoms with Gasteiger partial charge in [0, 0.05) is 6.04 Å². The SMILES string of the molecule is CCCOc1cccc2c1NC(=O)C(C)C(C)N2. The lowest BCUT2D eigenvalue weighted by Crippen LogP contribution is -2.30. The van der Waals surface area contributed by atoms with Crippen molar-refractivity contribution in [3.8, 4) is 5.75 Å². The van der Waals surface area contributed by atoms with Gasteiger partial charge in [-0.25, -0.2) is 0 Å². The van der Waals surface area contributed by atoms with Gasteiger partial charge in [0.2, 0.25) is 5.91 Å². The molecule has 4 heteroatoms. The molecule has 1 aromatic rings. The molecule has 1 aliphatic heterocycles. The van der Waals surface area contributed by atoms with Crippen LogP contribution in [0, 0.1) is 5.92 Å². The van der Waals surface area contributed by atoms with Crippen molar-refractivity contribution in [2.24, 2.45) is 5.92 Å². The largest absolute Gasteiger partial charge is 0.491 e. The van der Waals surface area contributed by atoms with E-state index < -0.39 is 0 Å². The van der Waals surface area contributed by atoms with Crippen LogP contribution in [0.5, 0.6) is 5.75 Å². The van der Waals surface area contributed by atoms with E-state index in [1.807, 2.05) is 32.0 Å². The Morgan fingerprint density at radius 3 is 2.83 bits per heavy atom. The summed E-state index contributed by atoms with van der Waals surface area (Å²) in [7, 11) is 0. The van der Waals surface area contributed by atoms with Gasteiger partial charge in [0.25, 0.3) is 0 Å². The number of hydrogen-bond donors (Lipinski definition) is 2. The van der Waals surface area contributed by atoms with Crippen LogP contribution in [-0.4, -0.2) is 18.6 Å². The number of rotatable bonds is 3. The van der Waals surface area contributed by atoms with E-state index in [9.17, 15) is 4.79 Å². The van der Waals surface area contributed by atoms with Crippen molar-refractivity contribution in [2.75, 3.05) is 17.2 Å². The maximum Gasteiger partial charge on any atom is 0.229 e. The number of fused-ring (bicyclic) bond motifs is 1. The Kier molecular flexibility index (Phi) is 3.75. The lowest BCUT2D eigenvalue weighted by atomic mass is 10.0. The summed E-state index contributed by atoms with van der Waals surface area (Å²) >= 11 is 0. The summed E-state index contributed by atoms with van der Waals surface area (Å²) in [6.07, 6.45) is 0.942. The van der Waals surface area contributed by atoms with Crippen molar-refractivity contribution >= 4 is 17.3 Å². The van der Waals surface area contributed by atoms with Crippen molar-refractivity contribution in [1.82, 2.24) is 0 Å². The fourth-order valence-corrected chi connectivity index (χ4v) is 1.95. The second-order valence-corrected chi connectivity index (χ2v) is 4.74. The molecule has 1 amide bonds. The first-order valence-electron chi connectivity index (χ1n) is 6.46. The smallest absolute Gasteiger partial charge is 0.229 e. The summed E-state index contributed by atoms with van der Waals surface area (Å²) < 4.78 is 5.67. The van der Waals surface area contributed by atoms with Crippen LogP contribution in [-0.2, 0) is 4.79 Å². The van der Waals surface area contributed by atoms with E-state index in [1.165, 1.54) is 0 Å². The molecule has 1 heterocycles. The van der Waals surface area contributed by atoms with Crippen molar-refractivity contribution in [2.45, 2.75) is 33.2 Å². The lowest BCUT2D eigenvalue weighted by molar-refractivity contribution is -0.119. The molecule has 2 atom stereocenters. The van der Waals surface area contributed by atoms with Gasteiger partial charge in [-0.2, -0.15) is 0 Å². The maximum absolute atomic E-state index is 12.0. The predicted octanol–water partition coefficient (Wildman–Crippen LogP) is 2.86. The summed E-state index contributed by atoms with van der Waals surface area (Å²) in [6, 6.07) is 5.89. The molecule has 0 aliphatic carbocycles. The number of para-hydroxylation sites is 1. The molecular weight excluding hydrogens is 228 g/mol. The number of hydrogen-bond acceptors (Lipinski definition) is 3. The van der Waals surface area contributed by atoms with Gasteiger partial charge in [0.15, 0.2) is 0 Å². The standard InChI is InChI=1S/C14H20N2O2/c1-4-8-18-12-7-5-6-11-13(12)16-14(17)9(2)10(3)15-11/h5-7,9-10,15H,4,8H2,1-3H3,(H,16,17). The Bertz CT molecular complexity index is 445. The molecule has 1 aliphatic rings. The minimum absolute atomic E-state index is 0.0290. The zero-order chi connectivity index (χ0) is 13.1. The van der Waals surface area contributed by atoms with Gasteiger partial charge in [-0.05, 0) is 25.5 Å². The number of amides is 1. The van der Waals surface area contributed by atoms with E-state index in [-0.39, 0.29) is 17.9 Å². The molecule has 2 rings (SSSR count). The maximum atomic E-state index is 12.0. The second-order valence-electron chi connectivity index (χ2n) is 4.74. The van der Waals surface area contributed by atoms with Crippen LogP contribution < -0.4 is 15.4 Å². The highest BCUT2D eigenvalue weighted by Gasteiger charge is 2.26. The van der Waals surface area contributed by atoms with Gasteiger partial charge >= 0.3 is 0 Å². The number of ether oxygens (including phenoxy) is 1. The van der Waals surface area contributed by atoms with Crippen LogP contribution in [0.2, 0.25) is 0 Å². The number of carbonyl (C=O) groups excluding carboxylic acids is 1. The summed E-state index contributed by atoms with van der Waals surface area (Å²) in [5, 5.41) is 6.31. The van der Waals surface area contributed by atoms with E-state index in [1.54, 1.807) is 0 Å². The van der Waals surface area contributed by atoms with E-state index in [2.05, 4.69) is 17.6 Å². The molecule has 0 spiro atoms. The Labute approximate surface area is 108 Å². The van der Waals surface area contributed by atoms with E-state index in [4.69, 9.17) is 4.74 Å². The quantitative estimate of drug-likeness (QED) is 0.864. The highest BCUT2D eigenvalue weighted by molar-refractivity contribution is 5.99. The van der Waals surface area contributed by atoms with Crippen LogP contribution in [0.1, 0.15) is 27.2 Å². The molecule has 2 N–H and O–H groups in total. The third-order valence-electron chi connectivity index (χ3n) is 3.28. The van der Waals surface area contributed by atoms with Gasteiger partial charge in [-0.3, -0.25) is 4.79 Å². The molecular formula is C14H20N2O2. The average molecular weight is 248 g/mol. The minimum Gasteiger partial charge on any atom is -0.491 e. The summed E-state index contributed by atoms with van der Waals surface area (Å²) in [5.41, 5.74) is 1.68. The molecule has 0 bridgehead atoms. The van der Waals surface area contributed by atoms with E-state index >= 15 is 0 Å². The third-order valence-corrected chi connectivity index (χ3v) is 3.28. The molecule has 1 aromatic carbocycles. The van der Waals surface area contributed by atoms with E-state index in [0.717, 1.165) is 23.5 Å². The molecule has 98 valence electrons. The fraction of sp³-hybridized carbons (Fsp3) is 0.500. The number of nitrogens with one attached hydrogen (secondary N) is 2. The second kappa shape index (κ2) is 5.29. The Morgan fingerprint density at radius 1 is 1.33 bits per heavy atom. The van der Waals surface area contributed by atoms with Gasteiger partial charge in [-0.15, -0.1) is 0 Å². The molecule has 18 heavy (non-hydrogen) atoms. The number of carbonyl (C=O) groups is 1. The van der Waals surface area contributed by atoms with Gasteiger partial charge in [0.1, 0.15) is 11.4 Å². The highest BCUT2D eigenvalue weighted by atomic mass is 16.5. The minimum atomic E-state index is -0.0728. The third kappa shape index (κ3) is 2.42. The average Bonchev–Trinajstić information content (AvgIpc) is 2.47. The van der Waals surface area contributed by atoms with Crippen molar-refractivity contribution in [3.05, 3.63) is 18.2 Å². The first-order valence-corrected chi connectivity index (χ1v) is 6.46. The highest BCUT2D eigenvalue weighted by Crippen LogP contribution is 2.36. The molecule has 0 radical (unpaired) electrons. The first-order chi connectivity index (χ1) is 8.63. The molecule has 4 nitrogen and oxygen atoms in total. The molecule has 0 saturated carbocycles. The molecule has 0 fully saturated rings. The lowest BCUT2D eigenvalue weighted by Gasteiger charge is -2.16. The van der Waals surface area contributed by atoms with Crippen LogP contribution in [0.15, 0.2) is 18.2 Å². The van der Waals surface area contributed by atoms with Crippen LogP contribution in [0.25, 0.3) is 0 Å². The van der Waals surface area contributed by atoms with Gasteiger partial charge < -0.3 is 15.4 Å². The van der Waals surface area contributed by atoms with Crippen molar-refractivity contribution < 1.29 is 9.53 Å². The first kappa shape index (κ1) is 12.7. The zero-order valence-corrected chi connectivity index (χ0v) is 11.1. The fourth-order valence-electron chi connectivity index (χ4n) is 1.95. The van der Waals surface area contributed by atoms with Gasteiger partial charge in [0.05, 0.1) is 18.2 Å². The topological polar surface area (TPSA) is 50.4 Å². The summed E-state index contributed by atoms with van der Waals surface area (Å²) in [6.45, 7) is 6.64. The predicted molar refractivity (Wildman–Crippen MR) is 73.1 cm³/mol. The number of benzene rings is 1. The van der Waals surface area contributed by atoms with E-state index in [0.29, 0.717) is 6.61 Å². The monoisotopic (exact) mass is 248 g/mol.